The number of amides is 1. The normalized spacial score (nSPS) is 10.6. The van der Waals surface area contributed by atoms with Crippen molar-refractivity contribution in [3.05, 3.63) is 37.1 Å². The lowest BCUT2D eigenvalue weighted by molar-refractivity contribution is -0.127. The summed E-state index contributed by atoms with van der Waals surface area (Å²) in [6.45, 7) is 7.85. The van der Waals surface area contributed by atoms with E-state index in [9.17, 15) is 4.79 Å². The number of aliphatic hydroxyl groups is 2. The lowest BCUT2D eigenvalue weighted by atomic mass is 10.2. The fraction of sp³-hybridized carbons (Fsp3) is 0.429. The number of rotatable bonds is 10. The molecule has 0 aliphatic heterocycles. The SMILES string of the molecule is C=CCN(/C=C(/C#N)C(=O)N(CCO)CCO)CC=C. The van der Waals surface area contributed by atoms with E-state index in [1.54, 1.807) is 17.1 Å². The van der Waals surface area contributed by atoms with Gasteiger partial charge < -0.3 is 20.0 Å². The number of hydrogen-bond donors (Lipinski definition) is 2. The van der Waals surface area contributed by atoms with Gasteiger partial charge in [-0.3, -0.25) is 4.79 Å². The Hall–Kier alpha value is -2.10. The highest BCUT2D eigenvalue weighted by Gasteiger charge is 2.18. The summed E-state index contributed by atoms with van der Waals surface area (Å²) in [7, 11) is 0. The van der Waals surface area contributed by atoms with Gasteiger partial charge in [0.2, 0.25) is 0 Å². The number of nitriles is 1. The van der Waals surface area contributed by atoms with Crippen LogP contribution >= 0.6 is 0 Å². The zero-order chi connectivity index (χ0) is 15.4. The smallest absolute Gasteiger partial charge is 0.266 e. The van der Waals surface area contributed by atoms with Crippen LogP contribution in [-0.2, 0) is 4.79 Å². The van der Waals surface area contributed by atoms with Crippen LogP contribution < -0.4 is 0 Å². The number of carbonyl (C=O) groups excluding carboxylic acids is 1. The Labute approximate surface area is 119 Å². The monoisotopic (exact) mass is 279 g/mol. The fourth-order valence-electron chi connectivity index (χ4n) is 1.55. The van der Waals surface area contributed by atoms with Crippen LogP contribution in [0.3, 0.4) is 0 Å². The van der Waals surface area contributed by atoms with Crippen molar-refractivity contribution in [2.75, 3.05) is 39.4 Å². The first kappa shape index (κ1) is 17.9. The van der Waals surface area contributed by atoms with E-state index in [4.69, 9.17) is 15.5 Å². The topological polar surface area (TPSA) is 87.8 Å². The molecular formula is C14H21N3O3. The molecular weight excluding hydrogens is 258 g/mol. The summed E-state index contributed by atoms with van der Waals surface area (Å²) in [4.78, 5) is 15.1. The van der Waals surface area contributed by atoms with Gasteiger partial charge in [-0.15, -0.1) is 13.2 Å². The number of aliphatic hydroxyl groups excluding tert-OH is 2. The van der Waals surface area contributed by atoms with Gasteiger partial charge in [0.1, 0.15) is 11.6 Å². The van der Waals surface area contributed by atoms with E-state index in [0.717, 1.165) is 0 Å². The van der Waals surface area contributed by atoms with Gasteiger partial charge in [0.05, 0.1) is 13.2 Å². The van der Waals surface area contributed by atoms with E-state index < -0.39 is 5.91 Å². The standard InChI is InChI=1S/C14H21N3O3/c1-3-5-16(6-4-2)12-13(11-15)14(20)17(7-9-18)8-10-19/h3-4,12,18-19H,1-2,5-10H2/b13-12-. The Kier molecular flexibility index (Phi) is 9.66. The molecule has 110 valence electrons. The van der Waals surface area contributed by atoms with Gasteiger partial charge in [0.25, 0.3) is 5.91 Å². The average molecular weight is 279 g/mol. The zero-order valence-corrected chi connectivity index (χ0v) is 11.5. The highest BCUT2D eigenvalue weighted by Crippen LogP contribution is 2.04. The first-order chi connectivity index (χ1) is 9.64. The molecule has 0 bridgehead atoms. The minimum atomic E-state index is -0.520. The maximum Gasteiger partial charge on any atom is 0.266 e. The van der Waals surface area contributed by atoms with Crippen molar-refractivity contribution < 1.29 is 15.0 Å². The highest BCUT2D eigenvalue weighted by atomic mass is 16.3. The summed E-state index contributed by atoms with van der Waals surface area (Å²) < 4.78 is 0. The summed E-state index contributed by atoms with van der Waals surface area (Å²) in [5, 5.41) is 26.9. The van der Waals surface area contributed by atoms with Crippen LogP contribution in [0.4, 0.5) is 0 Å². The van der Waals surface area contributed by atoms with E-state index in [1.165, 1.54) is 11.1 Å². The summed E-state index contributed by atoms with van der Waals surface area (Å²) in [6, 6.07) is 1.84. The number of hydrogen-bond acceptors (Lipinski definition) is 5. The molecule has 2 N–H and O–H groups in total. The molecule has 0 fully saturated rings. The van der Waals surface area contributed by atoms with E-state index in [0.29, 0.717) is 13.1 Å². The molecule has 0 aromatic heterocycles. The third-order valence-electron chi connectivity index (χ3n) is 2.42. The van der Waals surface area contributed by atoms with Crippen molar-refractivity contribution in [2.45, 2.75) is 0 Å². The van der Waals surface area contributed by atoms with Crippen LogP contribution in [0.5, 0.6) is 0 Å². The molecule has 6 nitrogen and oxygen atoms in total. The third-order valence-corrected chi connectivity index (χ3v) is 2.42. The molecule has 1 amide bonds. The molecule has 0 spiro atoms. The van der Waals surface area contributed by atoms with Crippen LogP contribution in [0.1, 0.15) is 0 Å². The van der Waals surface area contributed by atoms with Gasteiger partial charge in [-0.25, -0.2) is 0 Å². The molecule has 0 aliphatic rings. The van der Waals surface area contributed by atoms with Crippen molar-refractivity contribution in [3.8, 4) is 6.07 Å². The van der Waals surface area contributed by atoms with Crippen LogP contribution in [0, 0.1) is 11.3 Å². The molecule has 0 aromatic carbocycles. The zero-order valence-electron chi connectivity index (χ0n) is 11.5. The molecule has 0 rings (SSSR count). The van der Waals surface area contributed by atoms with Crippen LogP contribution in [0.2, 0.25) is 0 Å². The molecule has 0 aliphatic carbocycles. The second-order valence-electron chi connectivity index (χ2n) is 3.93. The lowest BCUT2D eigenvalue weighted by Gasteiger charge is -2.22. The lowest BCUT2D eigenvalue weighted by Crippen LogP contribution is -2.37. The highest BCUT2D eigenvalue weighted by molar-refractivity contribution is 5.97. The summed E-state index contributed by atoms with van der Waals surface area (Å²) in [6.07, 6.45) is 4.74. The van der Waals surface area contributed by atoms with E-state index in [1.807, 2.05) is 6.07 Å². The molecule has 20 heavy (non-hydrogen) atoms. The summed E-state index contributed by atoms with van der Waals surface area (Å²) >= 11 is 0. The van der Waals surface area contributed by atoms with E-state index >= 15 is 0 Å². The minimum Gasteiger partial charge on any atom is -0.395 e. The Morgan fingerprint density at radius 2 is 1.65 bits per heavy atom. The first-order valence-electron chi connectivity index (χ1n) is 6.23. The van der Waals surface area contributed by atoms with Crippen LogP contribution in [-0.4, -0.2) is 65.3 Å². The predicted octanol–water partition coefficient (Wildman–Crippen LogP) is -0.119. The molecule has 0 saturated heterocycles. The second kappa shape index (κ2) is 10.8. The third kappa shape index (κ3) is 6.18. The molecule has 0 saturated carbocycles. The van der Waals surface area contributed by atoms with Crippen molar-refractivity contribution in [1.82, 2.24) is 9.80 Å². The van der Waals surface area contributed by atoms with Crippen molar-refractivity contribution in [2.24, 2.45) is 0 Å². The Morgan fingerprint density at radius 1 is 1.15 bits per heavy atom. The number of carbonyl (C=O) groups is 1. The molecule has 0 atom stereocenters. The first-order valence-corrected chi connectivity index (χ1v) is 6.23. The predicted molar refractivity (Wildman–Crippen MR) is 76.4 cm³/mol. The molecule has 0 radical (unpaired) electrons. The van der Waals surface area contributed by atoms with Crippen molar-refractivity contribution >= 4 is 5.91 Å². The van der Waals surface area contributed by atoms with Gasteiger partial charge in [-0.1, -0.05) is 12.2 Å². The maximum atomic E-state index is 12.1. The molecule has 0 unspecified atom stereocenters. The fourth-order valence-corrected chi connectivity index (χ4v) is 1.55. The largest absolute Gasteiger partial charge is 0.395 e. The van der Waals surface area contributed by atoms with Gasteiger partial charge in [0, 0.05) is 32.4 Å². The quantitative estimate of drug-likeness (QED) is 0.331. The Bertz CT molecular complexity index is 383. The molecule has 0 heterocycles. The Morgan fingerprint density at radius 3 is 2.00 bits per heavy atom. The molecule has 0 aromatic rings. The van der Waals surface area contributed by atoms with Gasteiger partial charge in [-0.05, 0) is 0 Å². The van der Waals surface area contributed by atoms with Crippen molar-refractivity contribution in [3.63, 3.8) is 0 Å². The Balaban J connectivity index is 5.09. The number of nitrogens with zero attached hydrogens (tertiary/aromatic N) is 3. The average Bonchev–Trinajstić information content (AvgIpc) is 2.44. The second-order valence-corrected chi connectivity index (χ2v) is 3.93. The van der Waals surface area contributed by atoms with Gasteiger partial charge in [0.15, 0.2) is 0 Å². The summed E-state index contributed by atoms with van der Waals surface area (Å²) in [5.74, 6) is -0.520. The summed E-state index contributed by atoms with van der Waals surface area (Å²) in [5.41, 5.74) is -0.0596. The van der Waals surface area contributed by atoms with Crippen LogP contribution in [0.25, 0.3) is 0 Å². The van der Waals surface area contributed by atoms with Crippen LogP contribution in [0.15, 0.2) is 37.1 Å². The van der Waals surface area contributed by atoms with E-state index in [-0.39, 0.29) is 31.9 Å². The maximum absolute atomic E-state index is 12.1. The van der Waals surface area contributed by atoms with Gasteiger partial charge >= 0.3 is 0 Å². The minimum absolute atomic E-state index is 0.0596. The van der Waals surface area contributed by atoms with Gasteiger partial charge in [-0.2, -0.15) is 5.26 Å². The van der Waals surface area contributed by atoms with Crippen molar-refractivity contribution in [1.29, 1.82) is 5.26 Å². The van der Waals surface area contributed by atoms with E-state index in [2.05, 4.69) is 13.2 Å². The molecule has 6 heteroatoms.